The van der Waals surface area contributed by atoms with Crippen molar-refractivity contribution < 1.29 is 8.42 Å². The van der Waals surface area contributed by atoms with Gasteiger partial charge in [0.2, 0.25) is 0 Å². The number of nitrogens with one attached hydrogen (secondary N) is 2. The summed E-state index contributed by atoms with van der Waals surface area (Å²) in [5, 5.41) is 2.95. The van der Waals surface area contributed by atoms with E-state index in [4.69, 9.17) is 0 Å². The van der Waals surface area contributed by atoms with Crippen molar-refractivity contribution in [2.75, 3.05) is 6.54 Å². The number of benzene rings is 1. The highest BCUT2D eigenvalue weighted by atomic mass is 32.2. The lowest BCUT2D eigenvalue weighted by atomic mass is 10.2. The van der Waals surface area contributed by atoms with Gasteiger partial charge >= 0.3 is 0 Å². The molecule has 0 bridgehead atoms. The maximum atomic E-state index is 11.9. The zero-order chi connectivity index (χ0) is 15.4. The lowest BCUT2D eigenvalue weighted by molar-refractivity contribution is 0.578. The highest BCUT2D eigenvalue weighted by Gasteiger charge is 2.14. The molecule has 1 aromatic carbocycles. The molecular formula is C14H14N4O2S2. The van der Waals surface area contributed by atoms with Crippen molar-refractivity contribution in [1.29, 1.82) is 0 Å². The van der Waals surface area contributed by atoms with E-state index in [-0.39, 0.29) is 5.03 Å². The fourth-order valence-electron chi connectivity index (χ4n) is 1.92. The Morgan fingerprint density at radius 1 is 1.23 bits per heavy atom. The summed E-state index contributed by atoms with van der Waals surface area (Å²) in [6, 6.07) is 9.90. The van der Waals surface area contributed by atoms with Crippen LogP contribution in [0.15, 0.2) is 53.3 Å². The molecule has 0 aliphatic heterocycles. The van der Waals surface area contributed by atoms with Gasteiger partial charge in [0, 0.05) is 23.9 Å². The maximum Gasteiger partial charge on any atom is 0.257 e. The lowest BCUT2D eigenvalue weighted by Gasteiger charge is -2.02. The van der Waals surface area contributed by atoms with Crippen molar-refractivity contribution >= 4 is 21.4 Å². The van der Waals surface area contributed by atoms with Gasteiger partial charge in [-0.15, -0.1) is 11.3 Å². The van der Waals surface area contributed by atoms with E-state index in [9.17, 15) is 8.42 Å². The van der Waals surface area contributed by atoms with Crippen molar-refractivity contribution in [2.24, 2.45) is 0 Å². The topological polar surface area (TPSA) is 87.7 Å². The second-order valence-corrected chi connectivity index (χ2v) is 7.17. The van der Waals surface area contributed by atoms with Gasteiger partial charge in [0.05, 0.1) is 18.2 Å². The molecular weight excluding hydrogens is 320 g/mol. The van der Waals surface area contributed by atoms with Crippen LogP contribution in [0.2, 0.25) is 0 Å². The van der Waals surface area contributed by atoms with Crippen molar-refractivity contribution in [2.45, 2.75) is 11.4 Å². The van der Waals surface area contributed by atoms with Crippen molar-refractivity contribution in [3.8, 4) is 10.6 Å². The first-order valence-electron chi connectivity index (χ1n) is 6.63. The van der Waals surface area contributed by atoms with Crippen LogP contribution < -0.4 is 4.72 Å². The predicted molar refractivity (Wildman–Crippen MR) is 85.0 cm³/mol. The Hall–Kier alpha value is -2.03. The van der Waals surface area contributed by atoms with Crippen LogP contribution in [0.25, 0.3) is 10.6 Å². The van der Waals surface area contributed by atoms with Crippen LogP contribution in [0.5, 0.6) is 0 Å². The van der Waals surface area contributed by atoms with Gasteiger partial charge in [-0.1, -0.05) is 30.3 Å². The average Bonchev–Trinajstić information content (AvgIpc) is 3.20. The first kappa shape index (κ1) is 14.9. The molecule has 0 atom stereocenters. The fraction of sp³-hybridized carbons (Fsp3) is 0.143. The predicted octanol–water partition coefficient (Wildman–Crippen LogP) is 2.05. The zero-order valence-corrected chi connectivity index (χ0v) is 13.2. The maximum absolute atomic E-state index is 11.9. The Morgan fingerprint density at radius 3 is 2.77 bits per heavy atom. The molecule has 0 fully saturated rings. The van der Waals surface area contributed by atoms with Gasteiger partial charge in [0.1, 0.15) is 5.01 Å². The first-order chi connectivity index (χ1) is 10.6. The molecule has 0 aliphatic carbocycles. The van der Waals surface area contributed by atoms with E-state index >= 15 is 0 Å². The first-order valence-corrected chi connectivity index (χ1v) is 8.99. The number of hydrogen-bond acceptors (Lipinski definition) is 5. The van der Waals surface area contributed by atoms with Crippen LogP contribution in [0.3, 0.4) is 0 Å². The number of aromatic nitrogens is 3. The molecule has 6 nitrogen and oxygen atoms in total. The van der Waals surface area contributed by atoms with Gasteiger partial charge in [-0.05, 0) is 0 Å². The van der Waals surface area contributed by atoms with Gasteiger partial charge in [-0.3, -0.25) is 0 Å². The van der Waals surface area contributed by atoms with Crippen LogP contribution in [0.1, 0.15) is 5.69 Å². The second kappa shape index (κ2) is 6.39. The third kappa shape index (κ3) is 3.41. The second-order valence-electron chi connectivity index (χ2n) is 4.57. The SMILES string of the molecule is O=S(=O)(NCCc1csc(-c2ccccc2)n1)c1cnc[nH]1. The molecule has 0 radical (unpaired) electrons. The van der Waals surface area contributed by atoms with E-state index in [1.165, 1.54) is 12.5 Å². The normalized spacial score (nSPS) is 11.6. The molecule has 114 valence electrons. The van der Waals surface area contributed by atoms with Gasteiger partial charge in [0.25, 0.3) is 10.0 Å². The molecule has 8 heteroatoms. The van der Waals surface area contributed by atoms with Gasteiger partial charge in [-0.2, -0.15) is 0 Å². The summed E-state index contributed by atoms with van der Waals surface area (Å²) < 4.78 is 26.3. The van der Waals surface area contributed by atoms with E-state index in [2.05, 4.69) is 19.7 Å². The van der Waals surface area contributed by atoms with Gasteiger partial charge < -0.3 is 4.98 Å². The largest absolute Gasteiger partial charge is 0.335 e. The highest BCUT2D eigenvalue weighted by Crippen LogP contribution is 2.23. The Labute approximate surface area is 132 Å². The smallest absolute Gasteiger partial charge is 0.257 e. The van der Waals surface area contributed by atoms with Crippen molar-refractivity contribution in [1.82, 2.24) is 19.7 Å². The zero-order valence-electron chi connectivity index (χ0n) is 11.6. The van der Waals surface area contributed by atoms with E-state index in [1.54, 1.807) is 11.3 Å². The number of sulfonamides is 1. The minimum Gasteiger partial charge on any atom is -0.335 e. The Morgan fingerprint density at radius 2 is 2.05 bits per heavy atom. The molecule has 0 saturated carbocycles. The summed E-state index contributed by atoms with van der Waals surface area (Å²) in [7, 11) is -3.52. The minimum atomic E-state index is -3.52. The summed E-state index contributed by atoms with van der Waals surface area (Å²) in [5.41, 5.74) is 1.94. The number of imidazole rings is 1. The molecule has 2 aromatic heterocycles. The van der Waals surface area contributed by atoms with Gasteiger partial charge in [-0.25, -0.2) is 23.1 Å². The number of hydrogen-bond donors (Lipinski definition) is 2. The van der Waals surface area contributed by atoms with Crippen LogP contribution in [0.4, 0.5) is 0 Å². The van der Waals surface area contributed by atoms with Gasteiger partial charge in [0.15, 0.2) is 5.03 Å². The highest BCUT2D eigenvalue weighted by molar-refractivity contribution is 7.89. The molecule has 22 heavy (non-hydrogen) atoms. The number of rotatable bonds is 6. The van der Waals surface area contributed by atoms with Crippen LogP contribution >= 0.6 is 11.3 Å². The minimum absolute atomic E-state index is 0.0655. The van der Waals surface area contributed by atoms with E-state index in [0.29, 0.717) is 13.0 Å². The molecule has 3 rings (SSSR count). The third-order valence-corrected chi connectivity index (χ3v) is 5.33. The molecule has 3 aromatic rings. The number of H-pyrrole nitrogens is 1. The molecule has 0 amide bonds. The van der Waals surface area contributed by atoms with Crippen molar-refractivity contribution in [3.05, 3.63) is 53.9 Å². The third-order valence-electron chi connectivity index (χ3n) is 3.01. The quantitative estimate of drug-likeness (QED) is 0.722. The summed E-state index contributed by atoms with van der Waals surface area (Å²) in [5.74, 6) is 0. The molecule has 2 heterocycles. The fourth-order valence-corrected chi connectivity index (χ4v) is 3.71. The molecule has 0 aliphatic rings. The number of nitrogens with zero attached hydrogens (tertiary/aromatic N) is 2. The molecule has 0 saturated heterocycles. The average molecular weight is 334 g/mol. The Kier molecular flexibility index (Phi) is 4.32. The molecule has 0 unspecified atom stereocenters. The van der Waals surface area contributed by atoms with Crippen LogP contribution in [-0.4, -0.2) is 29.9 Å². The Bertz CT molecular complexity index is 827. The lowest BCUT2D eigenvalue weighted by Crippen LogP contribution is -2.26. The standard InChI is InChI=1S/C14H14N4O2S2/c19-22(20,13-8-15-10-16-13)17-7-6-12-9-21-14(18-12)11-4-2-1-3-5-11/h1-5,8-10,17H,6-7H2,(H,15,16). The Balaban J connectivity index is 1.60. The summed E-state index contributed by atoms with van der Waals surface area (Å²) in [6.45, 7) is 0.291. The van der Waals surface area contributed by atoms with Crippen LogP contribution in [-0.2, 0) is 16.4 Å². The number of aromatic amines is 1. The van der Waals surface area contributed by atoms with E-state index < -0.39 is 10.0 Å². The van der Waals surface area contributed by atoms with E-state index in [0.717, 1.165) is 16.3 Å². The monoisotopic (exact) mass is 334 g/mol. The van der Waals surface area contributed by atoms with Crippen molar-refractivity contribution in [3.63, 3.8) is 0 Å². The number of thiazole rings is 1. The molecule has 2 N–H and O–H groups in total. The van der Waals surface area contributed by atoms with E-state index in [1.807, 2.05) is 35.7 Å². The molecule has 0 spiro atoms. The summed E-state index contributed by atoms with van der Waals surface area (Å²) >= 11 is 1.55. The van der Waals surface area contributed by atoms with Crippen LogP contribution in [0, 0.1) is 0 Å². The summed E-state index contributed by atoms with van der Waals surface area (Å²) in [6.07, 6.45) is 3.15. The summed E-state index contributed by atoms with van der Waals surface area (Å²) in [4.78, 5) is 10.8.